The highest BCUT2D eigenvalue weighted by Crippen LogP contribution is 2.55. The third kappa shape index (κ3) is 4.85. The predicted octanol–water partition coefficient (Wildman–Crippen LogP) is 12.9. The van der Waals surface area contributed by atoms with Gasteiger partial charge in [-0.1, -0.05) is 159 Å². The highest BCUT2D eigenvalue weighted by molar-refractivity contribution is 6.01. The van der Waals surface area contributed by atoms with E-state index in [2.05, 4.69) is 188 Å². The van der Waals surface area contributed by atoms with Crippen LogP contribution in [0.15, 0.2) is 127 Å². The van der Waals surface area contributed by atoms with Crippen molar-refractivity contribution in [3.05, 3.63) is 150 Å². The molecule has 0 amide bonds. The molecule has 0 saturated heterocycles. The Labute approximate surface area is 275 Å². The lowest BCUT2D eigenvalue weighted by Crippen LogP contribution is -2.20. The van der Waals surface area contributed by atoms with Gasteiger partial charge in [-0.25, -0.2) is 0 Å². The van der Waals surface area contributed by atoms with Gasteiger partial charge in [0.25, 0.3) is 0 Å². The molecule has 1 heteroatoms. The van der Waals surface area contributed by atoms with Gasteiger partial charge in [0.05, 0.1) is 5.69 Å². The van der Waals surface area contributed by atoms with Crippen LogP contribution in [0.25, 0.3) is 33.0 Å². The first-order chi connectivity index (χ1) is 21.9. The predicted molar refractivity (Wildman–Crippen MR) is 199 cm³/mol. The molecule has 0 radical (unpaired) electrons. The van der Waals surface area contributed by atoms with Gasteiger partial charge in [-0.15, -0.1) is 0 Å². The zero-order chi connectivity index (χ0) is 32.4. The number of fused-ring (bicyclic) bond motifs is 4. The molecule has 1 aliphatic carbocycles. The molecule has 7 rings (SSSR count). The summed E-state index contributed by atoms with van der Waals surface area (Å²) in [5.74, 6) is 0. The molecule has 0 bridgehead atoms. The van der Waals surface area contributed by atoms with Crippen LogP contribution < -0.4 is 4.90 Å². The number of anilines is 3. The smallest absolute Gasteiger partial charge is 0.0543 e. The fraction of sp³-hybridized carbons (Fsp3) is 0.244. The average molecular weight is 600 g/mol. The van der Waals surface area contributed by atoms with Crippen molar-refractivity contribution < 1.29 is 0 Å². The molecule has 0 atom stereocenters. The second kappa shape index (κ2) is 10.7. The van der Waals surface area contributed by atoms with E-state index < -0.39 is 0 Å². The molecule has 0 fully saturated rings. The molecule has 0 spiro atoms. The van der Waals surface area contributed by atoms with Gasteiger partial charge < -0.3 is 4.90 Å². The lowest BCUT2D eigenvalue weighted by molar-refractivity contribution is 0.591. The van der Waals surface area contributed by atoms with Crippen molar-refractivity contribution in [2.24, 2.45) is 0 Å². The molecule has 0 unspecified atom stereocenters. The Morgan fingerprint density at radius 1 is 0.500 bits per heavy atom. The van der Waals surface area contributed by atoms with Crippen molar-refractivity contribution in [1.82, 2.24) is 0 Å². The van der Waals surface area contributed by atoms with Gasteiger partial charge in [-0.05, 0) is 84.8 Å². The maximum absolute atomic E-state index is 2.52. The zero-order valence-corrected chi connectivity index (χ0v) is 28.6. The normalized spacial score (nSPS) is 13.8. The Bertz CT molecular complexity index is 2090. The lowest BCUT2D eigenvalue weighted by Gasteiger charge is -2.33. The summed E-state index contributed by atoms with van der Waals surface area (Å²) >= 11 is 0. The SMILES string of the molecule is CC(C)(C)c1ccccc1N(c1cccc(-c2cccc3cccc(C(C)(C)C)c23)c1)c1cccc2c1-c1ccccc1C2(C)C. The molecule has 0 saturated carbocycles. The van der Waals surface area contributed by atoms with Crippen molar-refractivity contribution in [1.29, 1.82) is 0 Å². The maximum atomic E-state index is 2.52. The van der Waals surface area contributed by atoms with Crippen LogP contribution in [-0.4, -0.2) is 0 Å². The van der Waals surface area contributed by atoms with Gasteiger partial charge in [0.2, 0.25) is 0 Å². The summed E-state index contributed by atoms with van der Waals surface area (Å²) < 4.78 is 0. The number of hydrogen-bond donors (Lipinski definition) is 0. The molecule has 230 valence electrons. The fourth-order valence-electron chi connectivity index (χ4n) is 7.65. The van der Waals surface area contributed by atoms with Gasteiger partial charge in [0.15, 0.2) is 0 Å². The van der Waals surface area contributed by atoms with Crippen LogP contribution in [-0.2, 0) is 16.2 Å². The molecule has 6 aromatic rings. The molecule has 0 aliphatic heterocycles. The van der Waals surface area contributed by atoms with E-state index in [0.29, 0.717) is 0 Å². The number of benzene rings is 6. The van der Waals surface area contributed by atoms with E-state index in [1.807, 2.05) is 0 Å². The summed E-state index contributed by atoms with van der Waals surface area (Å²) in [6, 6.07) is 47.5. The Kier molecular flexibility index (Phi) is 7.01. The standard InChI is InChI=1S/C45H45N/c1-43(2,3)36-24-11-12-27-39(36)46(40-28-16-26-38-42(40)34-21-9-10-23-35(34)45(38,7)8)32-20-13-19-31(29-32)33-22-14-17-30-18-15-25-37(41(30)33)44(4,5)6/h9-29H,1-8H3. The minimum Gasteiger partial charge on any atom is -0.310 e. The molecule has 6 aromatic carbocycles. The van der Waals surface area contributed by atoms with Crippen molar-refractivity contribution in [3.8, 4) is 22.3 Å². The van der Waals surface area contributed by atoms with Crippen LogP contribution in [0.2, 0.25) is 0 Å². The summed E-state index contributed by atoms with van der Waals surface area (Å²) in [7, 11) is 0. The van der Waals surface area contributed by atoms with E-state index in [9.17, 15) is 0 Å². The van der Waals surface area contributed by atoms with Crippen LogP contribution in [0.3, 0.4) is 0 Å². The highest BCUT2D eigenvalue weighted by atomic mass is 15.1. The van der Waals surface area contributed by atoms with Crippen molar-refractivity contribution in [3.63, 3.8) is 0 Å². The number of para-hydroxylation sites is 1. The first-order valence-corrected chi connectivity index (χ1v) is 16.6. The van der Waals surface area contributed by atoms with Crippen LogP contribution in [0.1, 0.15) is 77.6 Å². The second-order valence-electron chi connectivity index (χ2n) is 15.5. The van der Waals surface area contributed by atoms with Gasteiger partial charge in [-0.3, -0.25) is 0 Å². The van der Waals surface area contributed by atoms with E-state index in [1.54, 1.807) is 0 Å². The maximum Gasteiger partial charge on any atom is 0.0543 e. The van der Waals surface area contributed by atoms with E-state index in [4.69, 9.17) is 0 Å². The quantitative estimate of drug-likeness (QED) is 0.195. The molecule has 0 aromatic heterocycles. The van der Waals surface area contributed by atoms with Crippen molar-refractivity contribution in [2.75, 3.05) is 4.90 Å². The Balaban J connectivity index is 1.53. The van der Waals surface area contributed by atoms with Crippen LogP contribution in [0.4, 0.5) is 17.1 Å². The summed E-state index contributed by atoms with van der Waals surface area (Å²) in [6.07, 6.45) is 0. The minimum absolute atomic E-state index is 0.0235. The Morgan fingerprint density at radius 3 is 1.83 bits per heavy atom. The Hall–Kier alpha value is -4.62. The summed E-state index contributed by atoms with van der Waals surface area (Å²) in [6.45, 7) is 18.6. The molecule has 0 heterocycles. The summed E-state index contributed by atoms with van der Waals surface area (Å²) in [5, 5.41) is 2.62. The molecule has 1 nitrogen and oxygen atoms in total. The van der Waals surface area contributed by atoms with Crippen LogP contribution in [0, 0.1) is 0 Å². The third-order valence-electron chi connectivity index (χ3n) is 9.91. The van der Waals surface area contributed by atoms with Gasteiger partial charge in [-0.2, -0.15) is 0 Å². The van der Waals surface area contributed by atoms with Crippen LogP contribution in [0.5, 0.6) is 0 Å². The van der Waals surface area contributed by atoms with E-state index in [0.717, 1.165) is 5.69 Å². The first kappa shape index (κ1) is 30.1. The van der Waals surface area contributed by atoms with Gasteiger partial charge >= 0.3 is 0 Å². The fourth-order valence-corrected chi connectivity index (χ4v) is 7.65. The molecular weight excluding hydrogens is 555 g/mol. The Morgan fingerprint density at radius 2 is 1.07 bits per heavy atom. The average Bonchev–Trinajstić information content (AvgIpc) is 3.27. The molecular formula is C45H45N. The van der Waals surface area contributed by atoms with Gasteiger partial charge in [0, 0.05) is 22.4 Å². The van der Waals surface area contributed by atoms with E-state index in [1.165, 1.54) is 66.7 Å². The molecule has 46 heavy (non-hydrogen) atoms. The second-order valence-corrected chi connectivity index (χ2v) is 15.5. The largest absolute Gasteiger partial charge is 0.310 e. The minimum atomic E-state index is -0.0781. The van der Waals surface area contributed by atoms with E-state index in [-0.39, 0.29) is 16.2 Å². The third-order valence-corrected chi connectivity index (χ3v) is 9.91. The topological polar surface area (TPSA) is 3.24 Å². The first-order valence-electron chi connectivity index (χ1n) is 16.6. The monoisotopic (exact) mass is 599 g/mol. The van der Waals surface area contributed by atoms with Crippen LogP contribution >= 0.6 is 0 Å². The van der Waals surface area contributed by atoms with E-state index >= 15 is 0 Å². The zero-order valence-electron chi connectivity index (χ0n) is 28.6. The van der Waals surface area contributed by atoms with Crippen molar-refractivity contribution in [2.45, 2.75) is 71.6 Å². The molecule has 1 aliphatic rings. The lowest BCUT2D eigenvalue weighted by atomic mass is 9.81. The number of nitrogens with zero attached hydrogens (tertiary/aromatic N) is 1. The summed E-state index contributed by atoms with van der Waals surface area (Å²) in [5.41, 5.74) is 14.1. The molecule has 0 N–H and O–H groups in total. The van der Waals surface area contributed by atoms with Gasteiger partial charge in [0.1, 0.15) is 0 Å². The summed E-state index contributed by atoms with van der Waals surface area (Å²) in [4.78, 5) is 2.52. The highest BCUT2D eigenvalue weighted by Gasteiger charge is 2.38. The number of hydrogen-bond acceptors (Lipinski definition) is 1. The van der Waals surface area contributed by atoms with Crippen molar-refractivity contribution >= 4 is 27.8 Å². The number of rotatable bonds is 4.